The molecule has 1 saturated heterocycles. The minimum Gasteiger partial charge on any atom is -0.493 e. The maximum Gasteiger partial charge on any atom is 0.257 e. The van der Waals surface area contributed by atoms with Crippen LogP contribution in [0.2, 0.25) is 0 Å². The van der Waals surface area contributed by atoms with Crippen LogP contribution in [0.3, 0.4) is 0 Å². The molecule has 0 unspecified atom stereocenters. The fraction of sp³-hybridized carbons (Fsp3) is 0.364. The smallest absolute Gasteiger partial charge is 0.257 e. The van der Waals surface area contributed by atoms with E-state index in [2.05, 4.69) is 0 Å². The zero-order valence-electron chi connectivity index (χ0n) is 16.2. The van der Waals surface area contributed by atoms with Gasteiger partial charge in [-0.3, -0.25) is 9.59 Å². The highest BCUT2D eigenvalue weighted by molar-refractivity contribution is 5.97. The molecule has 0 aliphatic carbocycles. The van der Waals surface area contributed by atoms with Crippen molar-refractivity contribution < 1.29 is 18.7 Å². The molecule has 1 atom stereocenters. The van der Waals surface area contributed by atoms with Crippen LogP contribution in [-0.2, 0) is 11.3 Å². The molecule has 2 amide bonds. The van der Waals surface area contributed by atoms with E-state index in [-0.39, 0.29) is 35.6 Å². The van der Waals surface area contributed by atoms with Crippen LogP contribution in [0.5, 0.6) is 5.75 Å². The Morgan fingerprint density at radius 1 is 1.18 bits per heavy atom. The molecule has 0 saturated carbocycles. The van der Waals surface area contributed by atoms with Crippen molar-refractivity contribution >= 4 is 11.8 Å². The molecule has 3 rings (SSSR count). The molecule has 1 heterocycles. The number of nitrogens with zero attached hydrogens (tertiary/aromatic N) is 2. The molecule has 0 aromatic heterocycles. The number of ether oxygens (including phenoxy) is 1. The monoisotopic (exact) mass is 384 g/mol. The van der Waals surface area contributed by atoms with Gasteiger partial charge in [0, 0.05) is 32.1 Å². The second-order valence-electron chi connectivity index (χ2n) is 6.89. The van der Waals surface area contributed by atoms with E-state index in [9.17, 15) is 14.0 Å². The third-order valence-corrected chi connectivity index (χ3v) is 5.14. The van der Waals surface area contributed by atoms with Crippen molar-refractivity contribution in [1.29, 1.82) is 0 Å². The normalized spacial score (nSPS) is 17.4. The van der Waals surface area contributed by atoms with Gasteiger partial charge in [0.2, 0.25) is 5.91 Å². The summed E-state index contributed by atoms with van der Waals surface area (Å²) in [6, 6.07) is 14.0. The second kappa shape index (κ2) is 8.87. The topological polar surface area (TPSA) is 49.9 Å². The number of hydrogen-bond donors (Lipinski definition) is 0. The van der Waals surface area contributed by atoms with Gasteiger partial charge in [0.25, 0.3) is 5.91 Å². The van der Waals surface area contributed by atoms with Gasteiger partial charge in [-0.05, 0) is 24.1 Å². The van der Waals surface area contributed by atoms with E-state index >= 15 is 0 Å². The number of halogens is 1. The van der Waals surface area contributed by atoms with Gasteiger partial charge in [0.1, 0.15) is 0 Å². The number of methoxy groups -OCH3 is 1. The van der Waals surface area contributed by atoms with Gasteiger partial charge in [-0.25, -0.2) is 4.39 Å². The Bertz CT molecular complexity index is 841. The van der Waals surface area contributed by atoms with Crippen LogP contribution in [0.1, 0.15) is 35.7 Å². The predicted octanol–water partition coefficient (Wildman–Crippen LogP) is 3.49. The van der Waals surface area contributed by atoms with Crippen LogP contribution in [0.4, 0.5) is 4.39 Å². The van der Waals surface area contributed by atoms with Gasteiger partial charge >= 0.3 is 0 Å². The fourth-order valence-electron chi connectivity index (χ4n) is 3.61. The van der Waals surface area contributed by atoms with Crippen molar-refractivity contribution in [2.75, 3.05) is 20.2 Å². The lowest BCUT2D eigenvalue weighted by Gasteiger charge is -2.31. The number of rotatable bonds is 5. The van der Waals surface area contributed by atoms with Gasteiger partial charge < -0.3 is 14.5 Å². The Labute approximate surface area is 164 Å². The van der Waals surface area contributed by atoms with E-state index in [1.807, 2.05) is 42.2 Å². The lowest BCUT2D eigenvalue weighted by Crippen LogP contribution is -2.43. The minimum atomic E-state index is -0.572. The van der Waals surface area contributed by atoms with Crippen molar-refractivity contribution in [3.05, 3.63) is 65.5 Å². The van der Waals surface area contributed by atoms with Crippen LogP contribution in [0.25, 0.3) is 0 Å². The quantitative estimate of drug-likeness (QED) is 0.793. The molecule has 5 nitrogen and oxygen atoms in total. The van der Waals surface area contributed by atoms with Crippen LogP contribution >= 0.6 is 0 Å². The van der Waals surface area contributed by atoms with E-state index < -0.39 is 5.82 Å². The van der Waals surface area contributed by atoms with E-state index in [0.717, 1.165) is 12.0 Å². The molecule has 0 bridgehead atoms. The van der Waals surface area contributed by atoms with Crippen molar-refractivity contribution in [2.24, 2.45) is 0 Å². The summed E-state index contributed by atoms with van der Waals surface area (Å²) in [6.07, 6.45) is 0.968. The Hall–Kier alpha value is -2.89. The van der Waals surface area contributed by atoms with Gasteiger partial charge in [0.05, 0.1) is 12.7 Å². The summed E-state index contributed by atoms with van der Waals surface area (Å²) in [7, 11) is 1.34. The SMILES string of the molecule is CC[C@H]1CN(C(=O)c2cccc(F)c2OC)CCC(=O)N1Cc1ccccc1. The average Bonchev–Trinajstić information content (AvgIpc) is 2.87. The van der Waals surface area contributed by atoms with Crippen molar-refractivity contribution in [2.45, 2.75) is 32.4 Å². The van der Waals surface area contributed by atoms with E-state index in [0.29, 0.717) is 19.6 Å². The highest BCUT2D eigenvalue weighted by atomic mass is 19.1. The average molecular weight is 384 g/mol. The number of benzene rings is 2. The largest absolute Gasteiger partial charge is 0.493 e. The van der Waals surface area contributed by atoms with Crippen LogP contribution < -0.4 is 4.74 Å². The molecule has 2 aromatic rings. The van der Waals surface area contributed by atoms with Crippen LogP contribution in [-0.4, -0.2) is 47.9 Å². The molecule has 6 heteroatoms. The molecule has 0 spiro atoms. The van der Waals surface area contributed by atoms with Gasteiger partial charge in [-0.2, -0.15) is 0 Å². The fourth-order valence-corrected chi connectivity index (χ4v) is 3.61. The third-order valence-electron chi connectivity index (χ3n) is 5.14. The third kappa shape index (κ3) is 4.16. The molecular weight excluding hydrogens is 359 g/mol. The van der Waals surface area contributed by atoms with E-state index in [1.54, 1.807) is 11.0 Å². The molecule has 1 aliphatic heterocycles. The molecule has 28 heavy (non-hydrogen) atoms. The van der Waals surface area contributed by atoms with Crippen LogP contribution in [0.15, 0.2) is 48.5 Å². The lowest BCUT2D eigenvalue weighted by atomic mass is 10.1. The Morgan fingerprint density at radius 3 is 2.61 bits per heavy atom. The maximum absolute atomic E-state index is 14.0. The Kier molecular flexibility index (Phi) is 6.29. The van der Waals surface area contributed by atoms with Gasteiger partial charge in [-0.1, -0.05) is 43.3 Å². The van der Waals surface area contributed by atoms with Gasteiger partial charge in [0.15, 0.2) is 11.6 Å². The number of hydrogen-bond acceptors (Lipinski definition) is 3. The van der Waals surface area contributed by atoms with E-state index in [4.69, 9.17) is 4.74 Å². The summed E-state index contributed by atoms with van der Waals surface area (Å²) in [5.74, 6) is -0.921. The molecule has 2 aromatic carbocycles. The first-order valence-electron chi connectivity index (χ1n) is 9.50. The molecule has 1 fully saturated rings. The first kappa shape index (κ1) is 19.9. The zero-order chi connectivity index (χ0) is 20.1. The summed E-state index contributed by atoms with van der Waals surface area (Å²) < 4.78 is 19.1. The summed E-state index contributed by atoms with van der Waals surface area (Å²) in [6.45, 7) is 3.24. The Morgan fingerprint density at radius 2 is 1.93 bits per heavy atom. The number of amides is 2. The Balaban J connectivity index is 1.83. The van der Waals surface area contributed by atoms with Crippen molar-refractivity contribution in [3.8, 4) is 5.75 Å². The standard InChI is InChI=1S/C22H25FN2O3/c1-3-17-15-24(22(27)18-10-7-11-19(23)21(18)28-2)13-12-20(26)25(17)14-16-8-5-4-6-9-16/h4-11,17H,3,12-15H2,1-2H3/t17-/m0/s1. The predicted molar refractivity (Wildman–Crippen MR) is 105 cm³/mol. The molecular formula is C22H25FN2O3. The summed E-state index contributed by atoms with van der Waals surface area (Å²) in [4.78, 5) is 29.3. The summed E-state index contributed by atoms with van der Waals surface area (Å²) in [5, 5.41) is 0. The van der Waals surface area contributed by atoms with Crippen molar-refractivity contribution in [1.82, 2.24) is 9.80 Å². The zero-order valence-corrected chi connectivity index (χ0v) is 16.2. The highest BCUT2D eigenvalue weighted by Gasteiger charge is 2.32. The summed E-state index contributed by atoms with van der Waals surface area (Å²) in [5.41, 5.74) is 1.24. The first-order valence-corrected chi connectivity index (χ1v) is 9.50. The molecule has 148 valence electrons. The first-order chi connectivity index (χ1) is 13.5. The number of para-hydroxylation sites is 1. The number of carbonyl (C=O) groups excluding carboxylic acids is 2. The highest BCUT2D eigenvalue weighted by Crippen LogP contribution is 2.25. The van der Waals surface area contributed by atoms with Crippen molar-refractivity contribution in [3.63, 3.8) is 0 Å². The maximum atomic E-state index is 14.0. The minimum absolute atomic E-state index is 0.0252. The molecule has 1 aliphatic rings. The lowest BCUT2D eigenvalue weighted by molar-refractivity contribution is -0.133. The molecule has 0 radical (unpaired) electrons. The van der Waals surface area contributed by atoms with E-state index in [1.165, 1.54) is 19.2 Å². The number of carbonyl (C=O) groups is 2. The van der Waals surface area contributed by atoms with Gasteiger partial charge in [-0.15, -0.1) is 0 Å². The molecule has 0 N–H and O–H groups in total. The van der Waals surface area contributed by atoms with Crippen LogP contribution in [0, 0.1) is 5.82 Å². The summed E-state index contributed by atoms with van der Waals surface area (Å²) >= 11 is 0. The second-order valence-corrected chi connectivity index (χ2v) is 6.89.